The van der Waals surface area contributed by atoms with Gasteiger partial charge in [-0.25, -0.2) is 0 Å². The number of fused-ring (bicyclic) bond motifs is 5. The van der Waals surface area contributed by atoms with E-state index in [1.54, 1.807) is 0 Å². The van der Waals surface area contributed by atoms with E-state index in [9.17, 15) is 0 Å². The number of anilines is 3. The lowest BCUT2D eigenvalue weighted by molar-refractivity contribution is 1.18. The molecule has 0 atom stereocenters. The fraction of sp³-hybridized carbons (Fsp3) is 0. The molecule has 300 valence electrons. The molecule has 64 heavy (non-hydrogen) atoms. The highest BCUT2D eigenvalue weighted by Crippen LogP contribution is 2.41. The second kappa shape index (κ2) is 15.8. The number of benzene rings is 11. The Balaban J connectivity index is 0.966. The minimum atomic E-state index is 1.08. The van der Waals surface area contributed by atoms with Crippen molar-refractivity contribution in [3.8, 4) is 50.2 Å². The highest BCUT2D eigenvalue weighted by Gasteiger charge is 2.18. The monoisotopic (exact) mass is 814 g/mol. The van der Waals surface area contributed by atoms with Crippen LogP contribution in [-0.4, -0.2) is 4.57 Å². The predicted octanol–water partition coefficient (Wildman–Crippen LogP) is 17.2. The molecule has 0 radical (unpaired) electrons. The van der Waals surface area contributed by atoms with Crippen molar-refractivity contribution in [3.05, 3.63) is 255 Å². The van der Waals surface area contributed by atoms with E-state index in [2.05, 4.69) is 264 Å². The van der Waals surface area contributed by atoms with Crippen LogP contribution in [0.2, 0.25) is 0 Å². The Morgan fingerprint density at radius 1 is 0.250 bits per heavy atom. The van der Waals surface area contributed by atoms with Crippen LogP contribution < -0.4 is 4.90 Å². The van der Waals surface area contributed by atoms with Gasteiger partial charge >= 0.3 is 0 Å². The van der Waals surface area contributed by atoms with Crippen LogP contribution in [0.4, 0.5) is 17.1 Å². The molecule has 0 aliphatic heterocycles. The largest absolute Gasteiger partial charge is 0.310 e. The first-order chi connectivity index (χ1) is 31.7. The van der Waals surface area contributed by atoms with Gasteiger partial charge in [0.05, 0.1) is 16.7 Å². The lowest BCUT2D eigenvalue weighted by atomic mass is 9.97. The summed E-state index contributed by atoms with van der Waals surface area (Å²) in [6.45, 7) is 0. The van der Waals surface area contributed by atoms with Gasteiger partial charge < -0.3 is 9.47 Å². The van der Waals surface area contributed by atoms with E-state index in [1.165, 1.54) is 82.3 Å². The molecule has 0 unspecified atom stereocenters. The maximum Gasteiger partial charge on any atom is 0.0541 e. The molecule has 1 heterocycles. The van der Waals surface area contributed by atoms with Gasteiger partial charge in [-0.3, -0.25) is 0 Å². The van der Waals surface area contributed by atoms with Crippen LogP contribution in [0.5, 0.6) is 0 Å². The third kappa shape index (κ3) is 6.70. The van der Waals surface area contributed by atoms with Crippen LogP contribution in [0.3, 0.4) is 0 Å². The molecule has 12 rings (SSSR count). The first kappa shape index (κ1) is 37.3. The summed E-state index contributed by atoms with van der Waals surface area (Å²) in [5.41, 5.74) is 16.4. The SMILES string of the molecule is c1ccc(-c2ccc(-c3ccc4ccc(N(c5ccc(-c6ccccc6-n6c7ccccc7c7ccccc76)cc5)c5cccc(-c6ccc7ccccc7c6)c5)cc4c3)cc2)cc1. The van der Waals surface area contributed by atoms with Crippen LogP contribution in [0.25, 0.3) is 93.5 Å². The second-order valence-electron chi connectivity index (χ2n) is 16.6. The van der Waals surface area contributed by atoms with Gasteiger partial charge in [0.25, 0.3) is 0 Å². The van der Waals surface area contributed by atoms with Crippen molar-refractivity contribution in [1.29, 1.82) is 0 Å². The Hall–Kier alpha value is -8.46. The van der Waals surface area contributed by atoms with Gasteiger partial charge in [-0.1, -0.05) is 188 Å². The second-order valence-corrected chi connectivity index (χ2v) is 16.6. The summed E-state index contributed by atoms with van der Waals surface area (Å²) in [7, 11) is 0. The van der Waals surface area contributed by atoms with Crippen molar-refractivity contribution in [1.82, 2.24) is 4.57 Å². The molecule has 0 N–H and O–H groups in total. The smallest absolute Gasteiger partial charge is 0.0541 e. The Kier molecular flexibility index (Phi) is 9.20. The molecule has 0 aliphatic rings. The van der Waals surface area contributed by atoms with Crippen LogP contribution in [0, 0.1) is 0 Å². The van der Waals surface area contributed by atoms with Gasteiger partial charge in [-0.05, 0) is 127 Å². The van der Waals surface area contributed by atoms with Gasteiger partial charge in [0.15, 0.2) is 0 Å². The molecule has 0 fully saturated rings. The average Bonchev–Trinajstić information content (AvgIpc) is 3.71. The first-order valence-electron chi connectivity index (χ1n) is 22.0. The van der Waals surface area contributed by atoms with Crippen LogP contribution >= 0.6 is 0 Å². The molecule has 0 amide bonds. The molecule has 1 aromatic heterocycles. The highest BCUT2D eigenvalue weighted by atomic mass is 15.1. The zero-order valence-corrected chi connectivity index (χ0v) is 35.1. The van der Waals surface area contributed by atoms with Gasteiger partial charge in [0.2, 0.25) is 0 Å². The molecule has 11 aromatic carbocycles. The summed E-state index contributed by atoms with van der Waals surface area (Å²) in [6.07, 6.45) is 0. The van der Waals surface area contributed by atoms with Crippen molar-refractivity contribution in [2.45, 2.75) is 0 Å². The molecular formula is C62H42N2. The number of aromatic nitrogens is 1. The Labute approximate surface area is 373 Å². The van der Waals surface area contributed by atoms with E-state index in [-0.39, 0.29) is 0 Å². The van der Waals surface area contributed by atoms with Gasteiger partial charge in [0, 0.05) is 33.4 Å². The fourth-order valence-corrected chi connectivity index (χ4v) is 9.56. The topological polar surface area (TPSA) is 8.17 Å². The standard InChI is InChI=1S/C62H42N2/c1-2-13-43(14-3-1)45-25-27-46(28-26-45)51-31-30-47-33-38-56(42-53(47)40-51)63(55-18-12-17-50(41-55)52-32-29-44-15-4-5-16-49(44)39-52)54-36-34-48(35-37-54)57-19-6-9-22-60(57)64-61-23-10-7-20-58(61)59-21-8-11-24-62(59)64/h1-42H. The van der Waals surface area contributed by atoms with Gasteiger partial charge in [-0.2, -0.15) is 0 Å². The van der Waals surface area contributed by atoms with E-state index < -0.39 is 0 Å². The van der Waals surface area contributed by atoms with Gasteiger partial charge in [0.1, 0.15) is 0 Å². The summed E-state index contributed by atoms with van der Waals surface area (Å²) in [5, 5.41) is 7.39. The summed E-state index contributed by atoms with van der Waals surface area (Å²) < 4.78 is 2.42. The number of rotatable bonds is 8. The van der Waals surface area contributed by atoms with Crippen molar-refractivity contribution < 1.29 is 0 Å². The number of para-hydroxylation sites is 3. The zero-order chi connectivity index (χ0) is 42.4. The summed E-state index contributed by atoms with van der Waals surface area (Å²) in [6, 6.07) is 92.8. The van der Waals surface area contributed by atoms with Crippen molar-refractivity contribution in [2.24, 2.45) is 0 Å². The van der Waals surface area contributed by atoms with E-state index in [0.717, 1.165) is 28.3 Å². The van der Waals surface area contributed by atoms with E-state index in [0.29, 0.717) is 0 Å². The maximum absolute atomic E-state index is 2.42. The number of nitrogens with zero attached hydrogens (tertiary/aromatic N) is 2. The van der Waals surface area contributed by atoms with Gasteiger partial charge in [-0.15, -0.1) is 0 Å². The highest BCUT2D eigenvalue weighted by molar-refractivity contribution is 6.09. The molecule has 12 aromatic rings. The summed E-state index contributed by atoms with van der Waals surface area (Å²) in [5.74, 6) is 0. The summed E-state index contributed by atoms with van der Waals surface area (Å²) >= 11 is 0. The molecule has 2 nitrogen and oxygen atoms in total. The number of hydrogen-bond acceptors (Lipinski definition) is 1. The lowest BCUT2D eigenvalue weighted by Gasteiger charge is -2.27. The van der Waals surface area contributed by atoms with Crippen LogP contribution in [0.15, 0.2) is 255 Å². The van der Waals surface area contributed by atoms with Crippen molar-refractivity contribution in [3.63, 3.8) is 0 Å². The van der Waals surface area contributed by atoms with E-state index in [4.69, 9.17) is 0 Å². The third-order valence-corrected chi connectivity index (χ3v) is 12.8. The van der Waals surface area contributed by atoms with Crippen molar-refractivity contribution in [2.75, 3.05) is 4.90 Å². The fourth-order valence-electron chi connectivity index (χ4n) is 9.56. The molecule has 0 aliphatic carbocycles. The molecule has 0 bridgehead atoms. The Morgan fingerprint density at radius 3 is 1.47 bits per heavy atom. The number of hydrogen-bond donors (Lipinski definition) is 0. The normalized spacial score (nSPS) is 11.4. The van der Waals surface area contributed by atoms with Crippen LogP contribution in [-0.2, 0) is 0 Å². The maximum atomic E-state index is 2.42. The Morgan fingerprint density at radius 2 is 0.719 bits per heavy atom. The van der Waals surface area contributed by atoms with E-state index in [1.807, 2.05) is 0 Å². The molecule has 0 saturated heterocycles. The quantitative estimate of drug-likeness (QED) is 0.148. The minimum absolute atomic E-state index is 1.08. The first-order valence-corrected chi connectivity index (χ1v) is 22.0. The minimum Gasteiger partial charge on any atom is -0.310 e. The lowest BCUT2D eigenvalue weighted by Crippen LogP contribution is -2.10. The third-order valence-electron chi connectivity index (χ3n) is 12.8. The molecule has 2 heteroatoms. The average molecular weight is 815 g/mol. The molecule has 0 spiro atoms. The van der Waals surface area contributed by atoms with E-state index >= 15 is 0 Å². The summed E-state index contributed by atoms with van der Waals surface area (Å²) in [4.78, 5) is 2.40. The molecular weight excluding hydrogens is 773 g/mol. The predicted molar refractivity (Wildman–Crippen MR) is 272 cm³/mol. The zero-order valence-electron chi connectivity index (χ0n) is 35.1. The van der Waals surface area contributed by atoms with Crippen LogP contribution in [0.1, 0.15) is 0 Å². The van der Waals surface area contributed by atoms with Crippen molar-refractivity contribution >= 4 is 60.4 Å². The molecule has 0 saturated carbocycles. The Bertz CT molecular complexity index is 3600.